The number of phenols is 1. The van der Waals surface area contributed by atoms with Crippen LogP contribution in [0.1, 0.15) is 11.3 Å². The molecule has 6 rings (SSSR count). The highest BCUT2D eigenvalue weighted by atomic mass is 16.5. The molecule has 2 saturated heterocycles. The molecular weight excluding hydrogens is 468 g/mol. The summed E-state index contributed by atoms with van der Waals surface area (Å²) in [6.07, 6.45) is 2.20. The van der Waals surface area contributed by atoms with Crippen molar-refractivity contribution < 1.29 is 14.6 Å². The Morgan fingerprint density at radius 1 is 0.946 bits per heavy atom. The topological polar surface area (TPSA) is 85.3 Å². The maximum absolute atomic E-state index is 12.1. The lowest BCUT2D eigenvalue weighted by atomic mass is 10.0. The molecule has 0 radical (unpaired) electrons. The van der Waals surface area contributed by atoms with Gasteiger partial charge in [0.2, 0.25) is 11.9 Å². The molecule has 0 saturated carbocycles. The molecule has 1 aromatic heterocycles. The molecule has 37 heavy (non-hydrogen) atoms. The van der Waals surface area contributed by atoms with E-state index in [0.717, 1.165) is 73.1 Å². The fourth-order valence-electron chi connectivity index (χ4n) is 5.57. The van der Waals surface area contributed by atoms with Gasteiger partial charge >= 0.3 is 0 Å². The Bertz CT molecular complexity index is 1330. The van der Waals surface area contributed by atoms with Crippen LogP contribution in [0.2, 0.25) is 0 Å². The molecule has 4 heterocycles. The van der Waals surface area contributed by atoms with Crippen molar-refractivity contribution >= 4 is 34.1 Å². The molecule has 0 spiro atoms. The number of anilines is 3. The minimum absolute atomic E-state index is 0.0210. The van der Waals surface area contributed by atoms with Gasteiger partial charge in [-0.25, -0.2) is 4.98 Å². The van der Waals surface area contributed by atoms with Crippen LogP contribution in [0.4, 0.5) is 17.5 Å². The SMILES string of the molecule is C=CC(=O)N1CCN(c2nc(N3CCOCC3)nc3c2CCN(c2cc(O)cc4ccccc24)C3)CC1. The van der Waals surface area contributed by atoms with Gasteiger partial charge in [-0.05, 0) is 23.9 Å². The number of carbonyl (C=O) groups is 1. The van der Waals surface area contributed by atoms with E-state index in [1.165, 1.54) is 11.6 Å². The Morgan fingerprint density at radius 2 is 1.73 bits per heavy atom. The number of hydrogen-bond donors (Lipinski definition) is 1. The first kappa shape index (κ1) is 23.5. The molecule has 3 aromatic rings. The number of rotatable bonds is 4. The van der Waals surface area contributed by atoms with Crippen molar-refractivity contribution in [3.63, 3.8) is 0 Å². The molecule has 3 aliphatic heterocycles. The van der Waals surface area contributed by atoms with Crippen LogP contribution in [0.3, 0.4) is 0 Å². The molecule has 0 bridgehead atoms. The average molecular weight is 501 g/mol. The van der Waals surface area contributed by atoms with Crippen molar-refractivity contribution in [2.45, 2.75) is 13.0 Å². The molecular formula is C28H32N6O3. The summed E-state index contributed by atoms with van der Waals surface area (Å²) >= 11 is 0. The number of phenolic OH excluding ortho intramolecular Hbond substituents is 1. The number of nitrogens with zero attached hydrogens (tertiary/aromatic N) is 6. The second-order valence-electron chi connectivity index (χ2n) is 9.75. The molecule has 9 heteroatoms. The molecule has 0 unspecified atom stereocenters. The van der Waals surface area contributed by atoms with E-state index >= 15 is 0 Å². The molecule has 192 valence electrons. The summed E-state index contributed by atoms with van der Waals surface area (Å²) in [5, 5.41) is 12.6. The number of carbonyl (C=O) groups excluding carboxylic acids is 1. The normalized spacial score (nSPS) is 18.2. The van der Waals surface area contributed by atoms with Crippen molar-refractivity contribution in [1.29, 1.82) is 0 Å². The van der Waals surface area contributed by atoms with Crippen LogP contribution < -0.4 is 14.7 Å². The summed E-state index contributed by atoms with van der Waals surface area (Å²) in [5.41, 5.74) is 3.22. The summed E-state index contributed by atoms with van der Waals surface area (Å²) in [5.74, 6) is 1.97. The van der Waals surface area contributed by atoms with Crippen LogP contribution in [0.25, 0.3) is 10.8 Å². The van der Waals surface area contributed by atoms with Crippen LogP contribution in [-0.4, -0.2) is 84.9 Å². The summed E-state index contributed by atoms with van der Waals surface area (Å²) in [6, 6.07) is 11.8. The van der Waals surface area contributed by atoms with E-state index in [9.17, 15) is 9.90 Å². The van der Waals surface area contributed by atoms with Gasteiger partial charge < -0.3 is 29.4 Å². The zero-order chi connectivity index (χ0) is 25.4. The van der Waals surface area contributed by atoms with Gasteiger partial charge in [-0.1, -0.05) is 30.8 Å². The van der Waals surface area contributed by atoms with E-state index in [-0.39, 0.29) is 11.7 Å². The fourth-order valence-corrected chi connectivity index (χ4v) is 5.57. The lowest BCUT2D eigenvalue weighted by Crippen LogP contribution is -2.49. The number of piperazine rings is 1. The first-order valence-corrected chi connectivity index (χ1v) is 13.0. The van der Waals surface area contributed by atoms with Crippen molar-refractivity contribution in [3.05, 3.63) is 60.3 Å². The largest absolute Gasteiger partial charge is 0.508 e. The van der Waals surface area contributed by atoms with Crippen molar-refractivity contribution in [3.8, 4) is 5.75 Å². The predicted octanol–water partition coefficient (Wildman–Crippen LogP) is 2.57. The quantitative estimate of drug-likeness (QED) is 0.548. The van der Waals surface area contributed by atoms with E-state index in [2.05, 4.69) is 27.3 Å². The van der Waals surface area contributed by atoms with E-state index in [1.54, 1.807) is 0 Å². The smallest absolute Gasteiger partial charge is 0.246 e. The van der Waals surface area contributed by atoms with Gasteiger partial charge in [-0.15, -0.1) is 0 Å². The molecule has 3 aliphatic rings. The monoisotopic (exact) mass is 500 g/mol. The maximum Gasteiger partial charge on any atom is 0.246 e. The van der Waals surface area contributed by atoms with Crippen LogP contribution in [-0.2, 0) is 22.5 Å². The van der Waals surface area contributed by atoms with E-state index in [0.29, 0.717) is 32.8 Å². The van der Waals surface area contributed by atoms with E-state index < -0.39 is 0 Å². The summed E-state index contributed by atoms with van der Waals surface area (Å²) < 4.78 is 5.57. The zero-order valence-corrected chi connectivity index (χ0v) is 21.0. The predicted molar refractivity (Wildman–Crippen MR) is 144 cm³/mol. The highest BCUT2D eigenvalue weighted by molar-refractivity contribution is 5.95. The second kappa shape index (κ2) is 9.89. The molecule has 1 amide bonds. The summed E-state index contributed by atoms with van der Waals surface area (Å²) in [6.45, 7) is 10.7. The highest BCUT2D eigenvalue weighted by Gasteiger charge is 2.30. The maximum atomic E-state index is 12.1. The van der Waals surface area contributed by atoms with Crippen molar-refractivity contribution in [1.82, 2.24) is 14.9 Å². The zero-order valence-electron chi connectivity index (χ0n) is 21.0. The third kappa shape index (κ3) is 4.55. The highest BCUT2D eigenvalue weighted by Crippen LogP contribution is 2.36. The third-order valence-electron chi connectivity index (χ3n) is 7.56. The fraction of sp³-hybridized carbons (Fsp3) is 0.393. The molecule has 0 aliphatic carbocycles. The minimum Gasteiger partial charge on any atom is -0.508 e. The molecule has 1 N–H and O–H groups in total. The van der Waals surface area contributed by atoms with Gasteiger partial charge in [0, 0.05) is 68.5 Å². The van der Waals surface area contributed by atoms with Gasteiger partial charge in [0.05, 0.1) is 25.5 Å². The standard InChI is InChI=1S/C28H32N6O3/c1-2-26(36)31-9-11-32(12-10-31)27-23-7-8-34(25-18-21(35)17-20-5-3-4-6-22(20)25)19-24(23)29-28(30-27)33-13-15-37-16-14-33/h2-6,17-18,35H,1,7-16,19H2. The third-order valence-corrected chi connectivity index (χ3v) is 7.56. The Balaban J connectivity index is 1.35. The van der Waals surface area contributed by atoms with Gasteiger partial charge in [0.15, 0.2) is 0 Å². The lowest BCUT2D eigenvalue weighted by Gasteiger charge is -2.39. The number of aromatic hydroxyl groups is 1. The van der Waals surface area contributed by atoms with E-state index in [4.69, 9.17) is 14.7 Å². The number of amides is 1. The number of ether oxygens (including phenoxy) is 1. The van der Waals surface area contributed by atoms with Crippen LogP contribution in [0, 0.1) is 0 Å². The Hall–Kier alpha value is -3.85. The second-order valence-corrected chi connectivity index (χ2v) is 9.75. The molecule has 2 aromatic carbocycles. The number of morpholine rings is 1. The van der Waals surface area contributed by atoms with Crippen molar-refractivity contribution in [2.24, 2.45) is 0 Å². The van der Waals surface area contributed by atoms with Gasteiger partial charge in [0.1, 0.15) is 11.6 Å². The van der Waals surface area contributed by atoms with E-state index in [1.807, 2.05) is 35.2 Å². The molecule has 0 atom stereocenters. The minimum atomic E-state index is -0.0210. The van der Waals surface area contributed by atoms with Crippen LogP contribution >= 0.6 is 0 Å². The van der Waals surface area contributed by atoms with Gasteiger partial charge in [0.25, 0.3) is 0 Å². The first-order chi connectivity index (χ1) is 18.1. The molecule has 9 nitrogen and oxygen atoms in total. The van der Waals surface area contributed by atoms with Crippen LogP contribution in [0.15, 0.2) is 49.1 Å². The first-order valence-electron chi connectivity index (χ1n) is 13.0. The Morgan fingerprint density at radius 3 is 2.51 bits per heavy atom. The number of benzene rings is 2. The van der Waals surface area contributed by atoms with Gasteiger partial charge in [-0.2, -0.15) is 4.98 Å². The number of hydrogen-bond acceptors (Lipinski definition) is 8. The Kier molecular flexibility index (Phi) is 6.30. The summed E-state index contributed by atoms with van der Waals surface area (Å²) in [7, 11) is 0. The van der Waals surface area contributed by atoms with Gasteiger partial charge in [-0.3, -0.25) is 4.79 Å². The van der Waals surface area contributed by atoms with Crippen LogP contribution in [0.5, 0.6) is 5.75 Å². The number of aromatic nitrogens is 2. The Labute approximate surface area is 216 Å². The molecule has 2 fully saturated rings. The average Bonchev–Trinajstić information content (AvgIpc) is 2.96. The summed E-state index contributed by atoms with van der Waals surface area (Å²) in [4.78, 5) is 30.9. The van der Waals surface area contributed by atoms with Crippen molar-refractivity contribution in [2.75, 3.05) is 73.7 Å². The number of fused-ring (bicyclic) bond motifs is 2. The lowest BCUT2D eigenvalue weighted by molar-refractivity contribution is -0.126.